The fraction of sp³-hybridized carbons (Fsp3) is 0.417. The lowest BCUT2D eigenvalue weighted by Crippen LogP contribution is -2.45. The molecule has 0 heterocycles. The van der Waals surface area contributed by atoms with Crippen molar-refractivity contribution in [1.29, 1.82) is 0 Å². The van der Waals surface area contributed by atoms with Crippen molar-refractivity contribution in [3.8, 4) is 0 Å². The fourth-order valence-electron chi connectivity index (χ4n) is 2.60. The van der Waals surface area contributed by atoms with Crippen LogP contribution in [0.5, 0.6) is 0 Å². The van der Waals surface area contributed by atoms with Gasteiger partial charge in [-0.1, -0.05) is 50.6 Å². The van der Waals surface area contributed by atoms with Crippen LogP contribution in [0.4, 0.5) is 14.5 Å². The first kappa shape index (κ1) is 25.5. The van der Waals surface area contributed by atoms with Crippen LogP contribution in [0.2, 0.25) is 23.2 Å². The summed E-state index contributed by atoms with van der Waals surface area (Å²) >= 11 is 6.01. The molecule has 0 aliphatic carbocycles. The molecule has 0 amide bonds. The predicted molar refractivity (Wildman–Crippen MR) is 129 cm³/mol. The van der Waals surface area contributed by atoms with E-state index < -0.39 is 32.1 Å². The minimum atomic E-state index is -1.97. The molecule has 0 aliphatic heterocycles. The summed E-state index contributed by atoms with van der Waals surface area (Å²) in [5, 5.41) is 13.8. The first-order valence-corrected chi connectivity index (χ1v) is 13.6. The highest BCUT2D eigenvalue weighted by Gasteiger charge is 2.37. The van der Waals surface area contributed by atoms with Crippen LogP contribution in [-0.4, -0.2) is 32.2 Å². The standard InChI is InChI=1S/C24H32ClF2NO2Si/c1-16(23(29)15-30-31(5,6)24(2,3)4)28-22-13-11-17(14-21(22)27)10-12-18-19(25)8-7-9-20(18)26/h7-14,16,23,28-29H,15H2,1-6H3. The van der Waals surface area contributed by atoms with E-state index in [0.29, 0.717) is 5.56 Å². The second-order valence-corrected chi connectivity index (χ2v) is 14.5. The summed E-state index contributed by atoms with van der Waals surface area (Å²) in [7, 11) is -1.97. The summed E-state index contributed by atoms with van der Waals surface area (Å²) in [6.45, 7) is 12.6. The Kier molecular flexibility index (Phi) is 8.45. The molecule has 0 saturated heterocycles. The normalized spacial score (nSPS) is 14.6. The summed E-state index contributed by atoms with van der Waals surface area (Å²) in [6, 6.07) is 8.69. The van der Waals surface area contributed by atoms with Gasteiger partial charge in [-0.3, -0.25) is 0 Å². The van der Waals surface area contributed by atoms with E-state index in [1.54, 1.807) is 31.2 Å². The molecule has 0 spiro atoms. The fourth-order valence-corrected chi connectivity index (χ4v) is 3.84. The van der Waals surface area contributed by atoms with Crippen LogP contribution in [0.15, 0.2) is 36.4 Å². The average Bonchev–Trinajstić information content (AvgIpc) is 2.66. The van der Waals surface area contributed by atoms with Gasteiger partial charge in [0.15, 0.2) is 8.32 Å². The molecule has 0 saturated carbocycles. The zero-order valence-corrected chi connectivity index (χ0v) is 20.7. The summed E-state index contributed by atoms with van der Waals surface area (Å²) in [5.74, 6) is -0.906. The number of anilines is 1. The molecule has 3 nitrogen and oxygen atoms in total. The number of benzene rings is 2. The van der Waals surface area contributed by atoms with E-state index in [0.717, 1.165) is 0 Å². The van der Waals surface area contributed by atoms with Crippen LogP contribution in [0.1, 0.15) is 38.8 Å². The minimum Gasteiger partial charge on any atom is -0.414 e. The van der Waals surface area contributed by atoms with Crippen LogP contribution in [-0.2, 0) is 4.43 Å². The Morgan fingerprint density at radius 1 is 1.13 bits per heavy atom. The SMILES string of the molecule is CC(Nc1ccc(C=Cc2c(F)cccc2Cl)cc1F)C(O)CO[Si](C)(C)C(C)(C)C. The second kappa shape index (κ2) is 10.3. The van der Waals surface area contributed by atoms with Crippen LogP contribution in [0, 0.1) is 11.6 Å². The molecule has 2 unspecified atom stereocenters. The number of hydrogen-bond acceptors (Lipinski definition) is 3. The van der Waals surface area contributed by atoms with Crippen molar-refractivity contribution in [2.75, 3.05) is 11.9 Å². The summed E-state index contributed by atoms with van der Waals surface area (Å²) in [5.41, 5.74) is 1.10. The maximum Gasteiger partial charge on any atom is 0.192 e. The van der Waals surface area contributed by atoms with Crippen LogP contribution in [0.3, 0.4) is 0 Å². The van der Waals surface area contributed by atoms with Gasteiger partial charge in [0.2, 0.25) is 0 Å². The topological polar surface area (TPSA) is 41.5 Å². The van der Waals surface area contributed by atoms with Crippen LogP contribution in [0.25, 0.3) is 12.2 Å². The first-order chi connectivity index (χ1) is 14.3. The molecule has 0 aliphatic rings. The summed E-state index contributed by atoms with van der Waals surface area (Å²) in [4.78, 5) is 0. The van der Waals surface area contributed by atoms with Gasteiger partial charge in [0.25, 0.3) is 0 Å². The van der Waals surface area contributed by atoms with E-state index in [-0.39, 0.29) is 27.9 Å². The Morgan fingerprint density at radius 2 is 1.81 bits per heavy atom. The zero-order valence-electron chi connectivity index (χ0n) is 19.0. The third kappa shape index (κ3) is 6.87. The van der Waals surface area contributed by atoms with Gasteiger partial charge in [0.05, 0.1) is 29.5 Å². The maximum absolute atomic E-state index is 14.6. The van der Waals surface area contributed by atoms with E-state index in [2.05, 4.69) is 39.2 Å². The van der Waals surface area contributed by atoms with Gasteiger partial charge < -0.3 is 14.8 Å². The monoisotopic (exact) mass is 467 g/mol. The largest absolute Gasteiger partial charge is 0.414 e. The van der Waals surface area contributed by atoms with Crippen molar-refractivity contribution in [3.63, 3.8) is 0 Å². The van der Waals surface area contributed by atoms with Crippen molar-refractivity contribution in [3.05, 3.63) is 64.2 Å². The van der Waals surface area contributed by atoms with Gasteiger partial charge in [-0.15, -0.1) is 0 Å². The molecule has 0 radical (unpaired) electrons. The third-order valence-electron chi connectivity index (χ3n) is 5.82. The molecule has 170 valence electrons. The van der Waals surface area contributed by atoms with Crippen LogP contribution >= 0.6 is 11.6 Å². The third-order valence-corrected chi connectivity index (χ3v) is 10.6. The molecular weight excluding hydrogens is 436 g/mol. The highest BCUT2D eigenvalue weighted by Crippen LogP contribution is 2.36. The van der Waals surface area contributed by atoms with E-state index in [1.807, 2.05) is 0 Å². The quantitative estimate of drug-likeness (QED) is 0.325. The smallest absolute Gasteiger partial charge is 0.192 e. The molecule has 2 aromatic carbocycles. The highest BCUT2D eigenvalue weighted by molar-refractivity contribution is 6.74. The molecule has 31 heavy (non-hydrogen) atoms. The number of halogens is 3. The molecule has 7 heteroatoms. The Labute approximate surface area is 190 Å². The van der Waals surface area contributed by atoms with E-state index >= 15 is 0 Å². The minimum absolute atomic E-state index is 0.0474. The zero-order chi connectivity index (χ0) is 23.4. The number of aliphatic hydroxyl groups excluding tert-OH is 1. The molecule has 0 fully saturated rings. The van der Waals surface area contributed by atoms with Gasteiger partial charge in [0, 0.05) is 5.56 Å². The molecule has 2 aromatic rings. The predicted octanol–water partition coefficient (Wildman–Crippen LogP) is 6.97. The second-order valence-electron chi connectivity index (χ2n) is 9.28. The van der Waals surface area contributed by atoms with Crippen molar-refractivity contribution < 1.29 is 18.3 Å². The number of rotatable bonds is 8. The van der Waals surface area contributed by atoms with Crippen LogP contribution < -0.4 is 5.32 Å². The van der Waals surface area contributed by atoms with Gasteiger partial charge in [0.1, 0.15) is 11.6 Å². The number of hydrogen-bond donors (Lipinski definition) is 2. The molecular formula is C24H32ClF2NO2Si. The van der Waals surface area contributed by atoms with Gasteiger partial charge >= 0.3 is 0 Å². The lowest BCUT2D eigenvalue weighted by Gasteiger charge is -2.37. The number of aliphatic hydroxyl groups is 1. The first-order valence-electron chi connectivity index (χ1n) is 10.3. The highest BCUT2D eigenvalue weighted by atomic mass is 35.5. The van der Waals surface area contributed by atoms with Crippen molar-refractivity contribution in [1.82, 2.24) is 0 Å². The molecule has 2 atom stereocenters. The Hall–Kier alpha value is -1.73. The molecule has 0 aromatic heterocycles. The lowest BCUT2D eigenvalue weighted by molar-refractivity contribution is 0.0883. The Balaban J connectivity index is 2.02. The molecule has 2 N–H and O–H groups in total. The van der Waals surface area contributed by atoms with Crippen molar-refractivity contribution in [2.24, 2.45) is 0 Å². The molecule has 0 bridgehead atoms. The van der Waals surface area contributed by atoms with Crippen molar-refractivity contribution >= 4 is 37.8 Å². The summed E-state index contributed by atoms with van der Waals surface area (Å²) in [6.07, 6.45) is 2.34. The van der Waals surface area contributed by atoms with Crippen molar-refractivity contribution in [2.45, 2.75) is 58.0 Å². The van der Waals surface area contributed by atoms with Gasteiger partial charge in [-0.2, -0.15) is 0 Å². The molecule has 2 rings (SSSR count). The van der Waals surface area contributed by atoms with Gasteiger partial charge in [-0.25, -0.2) is 8.78 Å². The van der Waals surface area contributed by atoms with E-state index in [1.165, 1.54) is 24.3 Å². The summed E-state index contributed by atoms with van der Waals surface area (Å²) < 4.78 is 34.5. The Bertz CT molecular complexity index is 908. The average molecular weight is 468 g/mol. The maximum atomic E-state index is 14.6. The van der Waals surface area contributed by atoms with Gasteiger partial charge in [-0.05, 0) is 61.0 Å². The number of nitrogens with one attached hydrogen (secondary N) is 1. The lowest BCUT2D eigenvalue weighted by atomic mass is 10.1. The van der Waals surface area contributed by atoms with E-state index in [9.17, 15) is 13.9 Å². The van der Waals surface area contributed by atoms with E-state index in [4.69, 9.17) is 16.0 Å². The Morgan fingerprint density at radius 3 is 2.39 bits per heavy atom.